The summed E-state index contributed by atoms with van der Waals surface area (Å²) < 4.78 is 0. The summed E-state index contributed by atoms with van der Waals surface area (Å²) in [6, 6.07) is 17.9. The van der Waals surface area contributed by atoms with Gasteiger partial charge in [-0.25, -0.2) is 24.9 Å². The number of rotatable bonds is 4. The molecular formula is C21H17N7. The van der Waals surface area contributed by atoms with E-state index in [0.29, 0.717) is 17.0 Å². The van der Waals surface area contributed by atoms with Crippen LogP contribution in [-0.4, -0.2) is 29.9 Å². The van der Waals surface area contributed by atoms with Crippen molar-refractivity contribution >= 4 is 28.0 Å². The quantitative estimate of drug-likeness (QED) is 0.496. The van der Waals surface area contributed by atoms with Crippen molar-refractivity contribution < 1.29 is 0 Å². The highest BCUT2D eigenvalue weighted by Gasteiger charge is 2.18. The Kier molecular flexibility index (Phi) is 3.90. The minimum atomic E-state index is -0.137. The predicted octanol–water partition coefficient (Wildman–Crippen LogP) is 4.14. The Morgan fingerprint density at radius 2 is 1.61 bits per heavy atom. The molecule has 3 heterocycles. The number of hydrogen-bond donors (Lipinski definition) is 2. The van der Waals surface area contributed by atoms with Gasteiger partial charge in [0, 0.05) is 5.56 Å². The molecule has 0 radical (unpaired) electrons. The molecule has 0 amide bonds. The summed E-state index contributed by atoms with van der Waals surface area (Å²) in [7, 11) is 0. The van der Waals surface area contributed by atoms with Gasteiger partial charge < -0.3 is 10.3 Å². The number of nitrogens with zero attached hydrogens (tertiary/aromatic N) is 5. The molecule has 0 aliphatic heterocycles. The largest absolute Gasteiger partial charge is 0.360 e. The number of H-pyrrole nitrogens is 1. The average Bonchev–Trinajstić information content (AvgIpc) is 3.23. The second-order valence-corrected chi connectivity index (χ2v) is 6.50. The lowest BCUT2D eigenvalue weighted by atomic mass is 10.0. The molecule has 1 atom stereocenters. The zero-order valence-electron chi connectivity index (χ0n) is 15.2. The number of fused-ring (bicyclic) bond motifs is 2. The van der Waals surface area contributed by atoms with Gasteiger partial charge in [-0.05, 0) is 19.1 Å². The van der Waals surface area contributed by atoms with Gasteiger partial charge >= 0.3 is 0 Å². The van der Waals surface area contributed by atoms with Crippen molar-refractivity contribution in [3.8, 4) is 11.3 Å². The van der Waals surface area contributed by atoms with Crippen LogP contribution in [0.25, 0.3) is 33.5 Å². The van der Waals surface area contributed by atoms with Crippen LogP contribution in [-0.2, 0) is 0 Å². The summed E-state index contributed by atoms with van der Waals surface area (Å²) >= 11 is 0. The highest BCUT2D eigenvalue weighted by atomic mass is 15.1. The van der Waals surface area contributed by atoms with Crippen LogP contribution in [0.4, 0.5) is 5.82 Å². The SMILES string of the molecule is CC(Nc1ncnc2[nH]cnc12)c1nc2ccccc2nc1-c1ccccc1. The lowest BCUT2D eigenvalue weighted by Gasteiger charge is -2.18. The fraction of sp³-hybridized carbons (Fsp3) is 0.0952. The minimum Gasteiger partial charge on any atom is -0.360 e. The Morgan fingerprint density at radius 1 is 0.857 bits per heavy atom. The normalized spacial score (nSPS) is 12.3. The molecule has 3 aromatic heterocycles. The zero-order valence-corrected chi connectivity index (χ0v) is 15.2. The number of benzene rings is 2. The molecule has 7 heteroatoms. The maximum atomic E-state index is 4.92. The van der Waals surface area contributed by atoms with E-state index in [1.54, 1.807) is 6.33 Å². The molecule has 0 fully saturated rings. The molecule has 2 aromatic carbocycles. The minimum absolute atomic E-state index is 0.137. The van der Waals surface area contributed by atoms with Crippen molar-refractivity contribution in [3.63, 3.8) is 0 Å². The number of aromatic nitrogens is 6. The zero-order chi connectivity index (χ0) is 18.9. The number of aromatic amines is 1. The van der Waals surface area contributed by atoms with E-state index in [-0.39, 0.29) is 6.04 Å². The highest BCUT2D eigenvalue weighted by molar-refractivity contribution is 5.83. The first kappa shape index (κ1) is 16.3. The molecular weight excluding hydrogens is 350 g/mol. The molecule has 0 aliphatic carbocycles. The molecule has 28 heavy (non-hydrogen) atoms. The van der Waals surface area contributed by atoms with Crippen molar-refractivity contribution in [1.82, 2.24) is 29.9 Å². The molecule has 0 saturated carbocycles. The van der Waals surface area contributed by atoms with Crippen LogP contribution in [0.15, 0.2) is 67.3 Å². The molecule has 1 unspecified atom stereocenters. The van der Waals surface area contributed by atoms with E-state index in [9.17, 15) is 0 Å². The van der Waals surface area contributed by atoms with Crippen LogP contribution < -0.4 is 5.32 Å². The van der Waals surface area contributed by atoms with Gasteiger partial charge in [0.05, 0.1) is 34.8 Å². The Bertz CT molecular complexity index is 1260. The standard InChI is InChI=1S/C21H17N7/c1-13(26-21-19-20(23-11-22-19)24-12-25-21)17-18(14-7-3-2-4-8-14)28-16-10-6-5-9-15(16)27-17/h2-13H,1H3,(H2,22,23,24,25,26). The van der Waals surface area contributed by atoms with Gasteiger partial charge in [-0.1, -0.05) is 42.5 Å². The van der Waals surface area contributed by atoms with Gasteiger partial charge in [0.15, 0.2) is 11.5 Å². The first-order valence-electron chi connectivity index (χ1n) is 9.02. The second kappa shape index (κ2) is 6.70. The fourth-order valence-electron chi connectivity index (χ4n) is 3.27. The van der Waals surface area contributed by atoms with Crippen LogP contribution in [0, 0.1) is 0 Å². The van der Waals surface area contributed by atoms with E-state index in [1.165, 1.54) is 6.33 Å². The molecule has 5 aromatic rings. The summed E-state index contributed by atoms with van der Waals surface area (Å²) in [6.45, 7) is 2.05. The van der Waals surface area contributed by atoms with E-state index in [4.69, 9.17) is 9.97 Å². The van der Waals surface area contributed by atoms with Gasteiger partial charge in [0.25, 0.3) is 0 Å². The second-order valence-electron chi connectivity index (χ2n) is 6.50. The van der Waals surface area contributed by atoms with Crippen molar-refractivity contribution in [3.05, 3.63) is 72.9 Å². The van der Waals surface area contributed by atoms with Crippen molar-refractivity contribution in [2.24, 2.45) is 0 Å². The molecule has 7 nitrogen and oxygen atoms in total. The van der Waals surface area contributed by atoms with E-state index in [1.807, 2.05) is 61.5 Å². The fourth-order valence-corrected chi connectivity index (χ4v) is 3.27. The third-order valence-electron chi connectivity index (χ3n) is 4.63. The highest BCUT2D eigenvalue weighted by Crippen LogP contribution is 2.29. The van der Waals surface area contributed by atoms with Gasteiger partial charge in [-0.2, -0.15) is 0 Å². The summed E-state index contributed by atoms with van der Waals surface area (Å²) in [4.78, 5) is 25.7. The topological polar surface area (TPSA) is 92.3 Å². The van der Waals surface area contributed by atoms with Gasteiger partial charge in [0.2, 0.25) is 0 Å². The number of imidazole rings is 1. The molecule has 0 spiro atoms. The monoisotopic (exact) mass is 367 g/mol. The first-order chi connectivity index (χ1) is 13.8. The Morgan fingerprint density at radius 3 is 2.43 bits per heavy atom. The summed E-state index contributed by atoms with van der Waals surface area (Å²) in [5.74, 6) is 0.660. The van der Waals surface area contributed by atoms with Crippen LogP contribution in [0.1, 0.15) is 18.7 Å². The van der Waals surface area contributed by atoms with Crippen LogP contribution in [0.5, 0.6) is 0 Å². The van der Waals surface area contributed by atoms with Crippen molar-refractivity contribution in [2.75, 3.05) is 5.32 Å². The Balaban J connectivity index is 1.63. The third-order valence-corrected chi connectivity index (χ3v) is 4.63. The molecule has 0 saturated heterocycles. The van der Waals surface area contributed by atoms with Crippen LogP contribution in [0.3, 0.4) is 0 Å². The van der Waals surface area contributed by atoms with Gasteiger partial charge in [-0.15, -0.1) is 0 Å². The smallest absolute Gasteiger partial charge is 0.162 e. The number of nitrogens with one attached hydrogen (secondary N) is 2. The van der Waals surface area contributed by atoms with Gasteiger partial charge in [-0.3, -0.25) is 0 Å². The molecule has 5 rings (SSSR count). The van der Waals surface area contributed by atoms with E-state index in [2.05, 4.69) is 25.3 Å². The summed E-state index contributed by atoms with van der Waals surface area (Å²) in [6.07, 6.45) is 3.13. The number of anilines is 1. The van der Waals surface area contributed by atoms with Crippen molar-refractivity contribution in [1.29, 1.82) is 0 Å². The molecule has 2 N–H and O–H groups in total. The Hall–Kier alpha value is -3.87. The average molecular weight is 367 g/mol. The van der Waals surface area contributed by atoms with E-state index >= 15 is 0 Å². The maximum absolute atomic E-state index is 4.92. The number of hydrogen-bond acceptors (Lipinski definition) is 6. The maximum Gasteiger partial charge on any atom is 0.162 e. The lowest BCUT2D eigenvalue weighted by molar-refractivity contribution is 0.835. The van der Waals surface area contributed by atoms with Gasteiger partial charge in [0.1, 0.15) is 11.8 Å². The Labute approximate surface area is 160 Å². The third kappa shape index (κ3) is 2.83. The van der Waals surface area contributed by atoms with Crippen LogP contribution >= 0.6 is 0 Å². The van der Waals surface area contributed by atoms with Crippen LogP contribution in [0.2, 0.25) is 0 Å². The molecule has 0 aliphatic rings. The molecule has 136 valence electrons. The number of para-hydroxylation sites is 2. The predicted molar refractivity (Wildman–Crippen MR) is 109 cm³/mol. The lowest BCUT2D eigenvalue weighted by Crippen LogP contribution is -2.13. The van der Waals surface area contributed by atoms with E-state index in [0.717, 1.165) is 28.0 Å². The molecule has 0 bridgehead atoms. The summed E-state index contributed by atoms with van der Waals surface area (Å²) in [5.41, 5.74) is 5.85. The first-order valence-corrected chi connectivity index (χ1v) is 9.02. The summed E-state index contributed by atoms with van der Waals surface area (Å²) in [5, 5.41) is 3.43. The van der Waals surface area contributed by atoms with E-state index < -0.39 is 0 Å². The van der Waals surface area contributed by atoms with Crippen molar-refractivity contribution in [2.45, 2.75) is 13.0 Å².